The van der Waals surface area contributed by atoms with Crippen molar-refractivity contribution in [2.75, 3.05) is 46.1 Å². The molecule has 6 rings (SSSR count). The van der Waals surface area contributed by atoms with Crippen LogP contribution in [0.3, 0.4) is 0 Å². The zero-order chi connectivity index (χ0) is 59.2. The number of benzene rings is 2. The van der Waals surface area contributed by atoms with Crippen LogP contribution < -0.4 is 32.3 Å². The van der Waals surface area contributed by atoms with Gasteiger partial charge in [0.15, 0.2) is 11.9 Å². The molecule has 23 heteroatoms. The zero-order valence-corrected chi connectivity index (χ0v) is 46.3. The lowest BCUT2D eigenvalue weighted by Gasteiger charge is -2.25. The molecule has 1 aliphatic carbocycles. The van der Waals surface area contributed by atoms with Gasteiger partial charge in [0.2, 0.25) is 35.4 Å². The number of amides is 8. The molecule has 0 bridgehead atoms. The maximum Gasteiger partial charge on any atom is 0.340 e. The number of cyclic esters (lactones) is 1. The molecule has 80 heavy (non-hydrogen) atoms. The summed E-state index contributed by atoms with van der Waals surface area (Å²) in [6.45, 7) is 11.5. The normalized spacial score (nSPS) is 15.8. The van der Waals surface area contributed by atoms with Crippen molar-refractivity contribution in [1.29, 1.82) is 0 Å². The molecule has 4 unspecified atom stereocenters. The van der Waals surface area contributed by atoms with Crippen LogP contribution in [0.2, 0.25) is 0 Å². The fraction of sp³-hybridized carbons (Fsp3) is 0.456. The molecule has 3 heterocycles. The van der Waals surface area contributed by atoms with Gasteiger partial charge >= 0.3 is 5.97 Å². The van der Waals surface area contributed by atoms with Crippen molar-refractivity contribution in [3.8, 4) is 0 Å². The van der Waals surface area contributed by atoms with Crippen LogP contribution >= 0.6 is 0 Å². The number of allylic oxidation sites excluding steroid dienone is 1. The van der Waals surface area contributed by atoms with Gasteiger partial charge in [-0.05, 0) is 79.3 Å². The van der Waals surface area contributed by atoms with E-state index in [2.05, 4.69) is 33.5 Å². The Morgan fingerprint density at radius 3 is 2.19 bits per heavy atom. The van der Waals surface area contributed by atoms with Gasteiger partial charge in [-0.25, -0.2) is 14.2 Å². The number of carbonyl (C=O) groups is 10. The largest absolute Gasteiger partial charge is 0.458 e. The third-order valence-corrected chi connectivity index (χ3v) is 13.3. The van der Waals surface area contributed by atoms with Crippen LogP contribution in [0, 0.1) is 18.7 Å². The van der Waals surface area contributed by atoms with Gasteiger partial charge in [0.05, 0.1) is 37.5 Å². The quantitative estimate of drug-likeness (QED) is 0.0259. The molecule has 2 aliphatic heterocycles. The second-order valence-corrected chi connectivity index (χ2v) is 18.8. The monoisotopic (exact) mass is 1110 g/mol. The zero-order valence-electron chi connectivity index (χ0n) is 46.3. The minimum atomic E-state index is -1.53. The second-order valence-electron chi connectivity index (χ2n) is 18.8. The summed E-state index contributed by atoms with van der Waals surface area (Å²) in [5.41, 5.74) is 12.3. The van der Waals surface area contributed by atoms with Crippen LogP contribution in [0.1, 0.15) is 101 Å². The first-order valence-electron chi connectivity index (χ1n) is 26.6. The van der Waals surface area contributed by atoms with Crippen molar-refractivity contribution in [1.82, 2.24) is 36.5 Å². The predicted octanol–water partition coefficient (Wildman–Crippen LogP) is 1.70. The highest BCUT2D eigenvalue weighted by molar-refractivity contribution is 6.13. The molecule has 0 spiro atoms. The van der Waals surface area contributed by atoms with Crippen LogP contribution in [0.15, 0.2) is 65.8 Å². The topological polar surface area (TPSA) is 332 Å². The molecule has 22 nitrogen and oxygen atoms in total. The Morgan fingerprint density at radius 2 is 1.54 bits per heavy atom. The van der Waals surface area contributed by atoms with E-state index < -0.39 is 91.1 Å². The predicted molar refractivity (Wildman–Crippen MR) is 292 cm³/mol. The van der Waals surface area contributed by atoms with Crippen molar-refractivity contribution in [3.63, 3.8) is 0 Å². The van der Waals surface area contributed by atoms with Crippen LogP contribution in [0.5, 0.6) is 0 Å². The molecule has 9 N–H and O–H groups in total. The molecule has 3 aromatic rings. The number of ether oxygens (including phenoxy) is 2. The van der Waals surface area contributed by atoms with Crippen molar-refractivity contribution in [2.45, 2.75) is 118 Å². The maximum absolute atomic E-state index is 14.7. The van der Waals surface area contributed by atoms with E-state index >= 15 is 0 Å². The smallest absolute Gasteiger partial charge is 0.340 e. The number of aliphatic hydroxyl groups is 2. The average molecular weight is 1110 g/mol. The number of primary amides is 1. The number of aryl methyl sites for hydroxylation is 2. The Kier molecular flexibility index (Phi) is 25.4. The van der Waals surface area contributed by atoms with Crippen molar-refractivity contribution >= 4 is 75.5 Å². The number of imide groups is 1. The first kappa shape index (κ1) is 64.5. The van der Waals surface area contributed by atoms with Gasteiger partial charge < -0.3 is 52.0 Å². The van der Waals surface area contributed by atoms with E-state index in [0.29, 0.717) is 28.6 Å². The standard InChI is InChI=1S/C28H32FNO4.C27H35N7O10.C2H6/c1-6-14(3)26(31)21-13-34-28(33)27(32)20(21)11-15(4)25-17(7-2)19-10-8-9-18-16(5)22(29)12-23(30-25)24(18)19;28-26(42)19(35)9-11-44-16-32-22(38)14-31-27(43)18(12-17-4-2-1-3-5-17)33-23(39)15-30-21(37)13-29-20(36)8-10-34-24(40)6-7-25(34)41;1-2/h11-12,14,27,32H,6-10,13H2,1-5H3;1-7,18-19,35H,8-16H2,(H2,28,42)(H,29,36)(H,30,37)(H,31,43)(H,32,38)(H,33,39);1-2H3/b15-11+;;. The molecule has 8 amide bonds. The molecule has 0 fully saturated rings. The molecule has 0 saturated carbocycles. The highest BCUT2D eigenvalue weighted by Crippen LogP contribution is 2.38. The van der Waals surface area contributed by atoms with E-state index in [1.807, 2.05) is 41.5 Å². The lowest BCUT2D eigenvalue weighted by atomic mass is 9.83. The minimum Gasteiger partial charge on any atom is -0.458 e. The van der Waals surface area contributed by atoms with Gasteiger partial charge in [0.25, 0.3) is 11.8 Å². The Morgan fingerprint density at radius 1 is 0.912 bits per heavy atom. The van der Waals surface area contributed by atoms with Crippen LogP contribution in [0.25, 0.3) is 16.5 Å². The number of hydrogen-bond donors (Lipinski definition) is 8. The summed E-state index contributed by atoms with van der Waals surface area (Å²) in [5.74, 6) is -6.64. The molecule has 1 aromatic heterocycles. The number of carbonyl (C=O) groups excluding carboxylic acids is 10. The summed E-state index contributed by atoms with van der Waals surface area (Å²) in [7, 11) is 0. The van der Waals surface area contributed by atoms with Gasteiger partial charge in [-0.2, -0.15) is 0 Å². The summed E-state index contributed by atoms with van der Waals surface area (Å²) in [6.07, 6.45) is 4.87. The summed E-state index contributed by atoms with van der Waals surface area (Å²) in [5, 5.41) is 32.9. The third kappa shape index (κ3) is 18.0. The van der Waals surface area contributed by atoms with Gasteiger partial charge in [-0.1, -0.05) is 71.0 Å². The molecule has 432 valence electrons. The van der Waals surface area contributed by atoms with Crippen molar-refractivity contribution in [2.24, 2.45) is 11.7 Å². The van der Waals surface area contributed by atoms with E-state index in [-0.39, 0.29) is 68.8 Å². The lowest BCUT2D eigenvalue weighted by molar-refractivity contribution is -0.152. The Bertz CT molecular complexity index is 2890. The molecule has 2 aromatic carbocycles. The number of ketones is 1. The summed E-state index contributed by atoms with van der Waals surface area (Å²) in [4.78, 5) is 126. The third-order valence-electron chi connectivity index (χ3n) is 13.3. The molecule has 3 aliphatic rings. The maximum atomic E-state index is 14.7. The number of nitrogens with zero attached hydrogens (tertiary/aromatic N) is 2. The van der Waals surface area contributed by atoms with Crippen LogP contribution in [-0.4, -0.2) is 143 Å². The number of aromatic nitrogens is 1. The molecule has 0 saturated heterocycles. The van der Waals surface area contributed by atoms with Gasteiger partial charge in [0, 0.05) is 66.5 Å². The average Bonchev–Trinajstić information content (AvgIpc) is 3.95. The van der Waals surface area contributed by atoms with E-state index in [4.69, 9.17) is 20.2 Å². The number of rotatable bonds is 25. The molecule has 4 atom stereocenters. The minimum absolute atomic E-state index is 0.0498. The van der Waals surface area contributed by atoms with E-state index in [1.54, 1.807) is 36.4 Å². The second kappa shape index (κ2) is 31.5. The number of halogens is 1. The first-order chi connectivity index (χ1) is 38.1. The van der Waals surface area contributed by atoms with Crippen molar-refractivity contribution < 1.29 is 72.0 Å². The first-order valence-corrected chi connectivity index (χ1v) is 26.6. The van der Waals surface area contributed by atoms with Gasteiger partial charge in [0.1, 0.15) is 31.3 Å². The number of aliphatic hydroxyl groups excluding tert-OH is 2. The number of nitrogens with one attached hydrogen (secondary N) is 5. The number of Topliss-reactive ketones (excluding diaryl/α,β-unsaturated/α-hetero) is 1. The molecule has 0 radical (unpaired) electrons. The van der Waals surface area contributed by atoms with Gasteiger partial charge in [-0.15, -0.1) is 0 Å². The Hall–Kier alpha value is -8.02. The van der Waals surface area contributed by atoms with E-state index in [0.717, 1.165) is 70.5 Å². The van der Waals surface area contributed by atoms with E-state index in [9.17, 15) is 62.5 Å². The number of esters is 1. The summed E-state index contributed by atoms with van der Waals surface area (Å²) in [6, 6.07) is 9.14. The Labute approximate surface area is 463 Å². The van der Waals surface area contributed by atoms with E-state index in [1.165, 1.54) is 11.6 Å². The van der Waals surface area contributed by atoms with Crippen LogP contribution in [-0.2, 0) is 83.1 Å². The summed E-state index contributed by atoms with van der Waals surface area (Å²) < 4.78 is 24.8. The lowest BCUT2D eigenvalue weighted by Crippen LogP contribution is -2.52. The molecular formula is C57H73FN8O14. The number of pyridine rings is 1. The fourth-order valence-electron chi connectivity index (χ4n) is 8.76. The summed E-state index contributed by atoms with van der Waals surface area (Å²) >= 11 is 0. The molecular weight excluding hydrogens is 1040 g/mol. The highest BCUT2D eigenvalue weighted by atomic mass is 19.1. The van der Waals surface area contributed by atoms with Crippen LogP contribution in [0.4, 0.5) is 4.39 Å². The van der Waals surface area contributed by atoms with Gasteiger partial charge in [-0.3, -0.25) is 48.1 Å². The Balaban J connectivity index is 0.000000343. The number of nitrogens with two attached hydrogens (primary N) is 1. The van der Waals surface area contributed by atoms with Crippen molar-refractivity contribution in [3.05, 3.63) is 105 Å². The SMILES string of the molecule is CC.CCc1c(/C(C)=C/C2=C(C(=O)C(C)CC)COC(=O)C2O)nc2cc(F)c(C)c3c2c1CCC3.NC(=O)C(O)CCOCNC(=O)CNC(=O)C(Cc1ccccc1)NC(=O)CNC(=O)CNC(=O)CCN1C(=O)C=CC1=O. The number of hydrogen-bond acceptors (Lipinski definition) is 15. The highest BCUT2D eigenvalue weighted by Gasteiger charge is 2.34. The fourth-order valence-corrected chi connectivity index (χ4v) is 8.76.